The summed E-state index contributed by atoms with van der Waals surface area (Å²) in [5.41, 5.74) is 10.4. The van der Waals surface area contributed by atoms with Crippen LogP contribution in [-0.2, 0) is 59.7 Å². The molecule has 1 aliphatic heterocycles. The molecule has 1 aliphatic rings. The average Bonchev–Trinajstić information content (AvgIpc) is 3.30. The van der Waals surface area contributed by atoms with Crippen molar-refractivity contribution < 1.29 is 51.0 Å². The van der Waals surface area contributed by atoms with Crippen molar-refractivity contribution in [1.82, 2.24) is 4.90 Å². The molecule has 7 nitrogen and oxygen atoms in total. The first-order valence-electron chi connectivity index (χ1n) is 9.12. The van der Waals surface area contributed by atoms with Crippen molar-refractivity contribution in [2.75, 3.05) is 31.6 Å². The van der Waals surface area contributed by atoms with Crippen LogP contribution in [0.15, 0.2) is 29.2 Å². The molecule has 0 atom stereocenters. The van der Waals surface area contributed by atoms with Gasteiger partial charge in [-0.1, -0.05) is 19.7 Å². The van der Waals surface area contributed by atoms with Gasteiger partial charge in [0.1, 0.15) is 6.54 Å². The molecule has 0 unspecified atom stereocenters. The van der Waals surface area contributed by atoms with E-state index in [2.05, 4.69) is 25.3 Å². The summed E-state index contributed by atoms with van der Waals surface area (Å²) in [5, 5.41) is 0. The topological polar surface area (TPSA) is 110 Å². The van der Waals surface area contributed by atoms with E-state index in [0.29, 0.717) is 22.6 Å². The Bertz CT molecular complexity index is 555. The van der Waals surface area contributed by atoms with Gasteiger partial charge in [0.05, 0.1) is 12.1 Å². The molecule has 0 spiro atoms. The van der Waals surface area contributed by atoms with Crippen LogP contribution in [0.4, 0.5) is 9.57 Å². The Balaban J connectivity index is -0.000000564. The van der Waals surface area contributed by atoms with Gasteiger partial charge in [0.2, 0.25) is 19.7 Å². The smallest absolute Gasteiger partial charge is 0.242 e. The number of hydrogen-bond acceptors (Lipinski definition) is 7. The third kappa shape index (κ3) is 16.2. The molecule has 30 heavy (non-hydrogen) atoms. The number of halogens is 1. The second-order valence-corrected chi connectivity index (χ2v) is 6.33. The minimum absolute atomic E-state index is 0. The minimum Gasteiger partial charge on any atom is -0.746 e. The second-order valence-electron chi connectivity index (χ2n) is 5.51. The van der Waals surface area contributed by atoms with Gasteiger partial charge in [0.15, 0.2) is 0 Å². The predicted molar refractivity (Wildman–Crippen MR) is 122 cm³/mol. The van der Waals surface area contributed by atoms with Gasteiger partial charge < -0.3 is 38.6 Å². The first-order chi connectivity index (χ1) is 14.1. The van der Waals surface area contributed by atoms with Crippen molar-refractivity contribution in [3.8, 4) is 0 Å². The van der Waals surface area contributed by atoms with E-state index >= 15 is 0 Å². The summed E-state index contributed by atoms with van der Waals surface area (Å²) in [4.78, 5) is 35.3. The number of carbonyl (C=O) groups is 3. The number of likely N-dealkylation sites (tertiary alicyclic amines) is 1. The van der Waals surface area contributed by atoms with Crippen LogP contribution in [0, 0.1) is 0 Å². The van der Waals surface area contributed by atoms with E-state index in [0.717, 1.165) is 38.7 Å². The molecule has 0 bridgehead atoms. The Morgan fingerprint density at radius 2 is 1.77 bits per heavy atom. The van der Waals surface area contributed by atoms with Crippen molar-refractivity contribution in [3.05, 3.63) is 24.3 Å². The van der Waals surface area contributed by atoms with Gasteiger partial charge in [-0.05, 0) is 49.8 Å². The summed E-state index contributed by atoms with van der Waals surface area (Å²) >= 11 is 3.86. The molecule has 4 N–H and O–H groups in total. The Hall–Kier alpha value is -0.581. The van der Waals surface area contributed by atoms with Crippen molar-refractivity contribution in [1.29, 1.82) is 0 Å². The quantitative estimate of drug-likeness (QED) is 0.313. The van der Waals surface area contributed by atoms with Crippen LogP contribution in [0.3, 0.4) is 0 Å². The molecular weight excluding hydrogens is 503 g/mol. The molecule has 1 heterocycles. The normalized spacial score (nSPS) is 11.0. The van der Waals surface area contributed by atoms with E-state index in [9.17, 15) is 13.5 Å². The zero-order valence-corrected chi connectivity index (χ0v) is 22.0. The molecule has 2 amide bonds. The Morgan fingerprint density at radius 1 is 1.27 bits per heavy atom. The molecule has 12 heteroatoms. The van der Waals surface area contributed by atoms with E-state index in [4.69, 9.17) is 10.4 Å². The monoisotopic (exact) mass is 533 g/mol. The van der Waals surface area contributed by atoms with Crippen molar-refractivity contribution in [2.24, 2.45) is 11.4 Å². The fourth-order valence-electron chi connectivity index (χ4n) is 2.26. The first kappa shape index (κ1) is 34.0. The van der Waals surface area contributed by atoms with E-state index in [1.807, 2.05) is 0 Å². The van der Waals surface area contributed by atoms with Gasteiger partial charge in [0.25, 0.3) is 0 Å². The van der Waals surface area contributed by atoms with Gasteiger partial charge >= 0.3 is 0 Å². The number of anilines is 1. The molecule has 166 valence electrons. The summed E-state index contributed by atoms with van der Waals surface area (Å²) in [6.45, 7) is 3.67. The molecule has 1 saturated heterocycles. The largest absolute Gasteiger partial charge is 0.746 e. The van der Waals surface area contributed by atoms with Crippen LogP contribution in [0.25, 0.3) is 0 Å². The number of nitrogens with two attached hydrogens (primary N) is 2. The number of nitrogens with zero attached hydrogens (tertiary/aromatic N) is 2. The van der Waals surface area contributed by atoms with Crippen LogP contribution in [0.5, 0.6) is 0 Å². The number of hydrogen-bond donors (Lipinski definition) is 2. The van der Waals surface area contributed by atoms with Crippen LogP contribution in [0.1, 0.15) is 26.2 Å². The average molecular weight is 533 g/mol. The van der Waals surface area contributed by atoms with Gasteiger partial charge in [-0.25, -0.2) is 0 Å². The molecule has 0 aromatic heterocycles. The zero-order chi connectivity index (χ0) is 22.5. The van der Waals surface area contributed by atoms with E-state index < -0.39 is 0 Å². The predicted octanol–water partition coefficient (Wildman–Crippen LogP) is 1.94. The SMILES string of the molecule is CCC[B]N.CN.O=CN(CC(=O)N1CCCC1)c1ccc(SF)cc1.O=C[S-].[Y]. The molecule has 0 saturated carbocycles. The maximum absolute atomic E-state index is 12.3. The molecule has 1 aromatic rings. The van der Waals surface area contributed by atoms with E-state index in [1.165, 1.54) is 11.9 Å². The van der Waals surface area contributed by atoms with Crippen LogP contribution in [0.2, 0.25) is 6.32 Å². The number of amides is 2. The van der Waals surface area contributed by atoms with Crippen molar-refractivity contribution in [2.45, 2.75) is 37.4 Å². The fraction of sp³-hybridized carbons (Fsp3) is 0.500. The summed E-state index contributed by atoms with van der Waals surface area (Å²) in [7, 11) is 3.18. The Kier molecular flexibility index (Phi) is 28.0. The third-order valence-electron chi connectivity index (χ3n) is 3.60. The van der Waals surface area contributed by atoms with Crippen molar-refractivity contribution >= 4 is 55.8 Å². The maximum Gasteiger partial charge on any atom is 0.242 e. The van der Waals surface area contributed by atoms with Crippen molar-refractivity contribution in [3.63, 3.8) is 0 Å². The van der Waals surface area contributed by atoms with Crippen LogP contribution >= 0.6 is 12.1 Å². The standard InChI is InChI=1S/C13H15FN2O2S.C3H9BN.CH5N.CH2OS.Y/c14-19-12-5-3-11(4-6-12)16(10-17)9-13(18)15-7-1-2-8-15;1-2-3-4-5;1-2;2-1-3;/h3-6,10H,1-2,7-9H2;2-3,5H2,1H3;2H2,1H3;1H,(H,2,3);/p-1. The second kappa shape index (κ2) is 24.7. The molecule has 1 fully saturated rings. The molecule has 1 aromatic carbocycles. The molecule has 2 rings (SSSR count). The zero-order valence-electron chi connectivity index (χ0n) is 17.5. The Labute approximate surface area is 215 Å². The van der Waals surface area contributed by atoms with Gasteiger partial charge in [-0.15, -0.1) is 0 Å². The van der Waals surface area contributed by atoms with Crippen LogP contribution < -0.4 is 16.3 Å². The number of benzene rings is 1. The fourth-order valence-corrected chi connectivity index (χ4v) is 2.50. The molecule has 2 radical (unpaired) electrons. The van der Waals surface area contributed by atoms with Gasteiger partial charge in [0, 0.05) is 56.4 Å². The van der Waals surface area contributed by atoms with E-state index in [1.54, 1.807) is 36.6 Å². The van der Waals surface area contributed by atoms with Crippen LogP contribution in [-0.4, -0.2) is 56.9 Å². The summed E-state index contributed by atoms with van der Waals surface area (Å²) < 4.78 is 12.3. The van der Waals surface area contributed by atoms with E-state index in [-0.39, 0.29) is 57.3 Å². The minimum atomic E-state index is -0.0476. The number of carbonyl (C=O) groups excluding carboxylic acids is 3. The Morgan fingerprint density at radius 3 is 2.10 bits per heavy atom. The maximum atomic E-state index is 12.3. The molecule has 0 aliphatic carbocycles. The summed E-state index contributed by atoms with van der Waals surface area (Å²) in [5.74, 6) is -0.0476. The van der Waals surface area contributed by atoms with Gasteiger partial charge in [-0.3, -0.25) is 9.59 Å². The number of rotatable bonds is 7. The summed E-state index contributed by atoms with van der Waals surface area (Å²) in [6.07, 6.45) is 4.88. The van der Waals surface area contributed by atoms with Gasteiger partial charge in [-0.2, -0.15) is 3.89 Å². The third-order valence-corrected chi connectivity index (χ3v) is 4.05. The summed E-state index contributed by atoms with van der Waals surface area (Å²) in [6, 6.07) is 6.43. The molecular formula is C18H30BFN4O3S2Y-. The first-order valence-corrected chi connectivity index (χ1v) is 10.3.